The van der Waals surface area contributed by atoms with Crippen molar-refractivity contribution >= 4 is 5.91 Å². The van der Waals surface area contributed by atoms with Crippen molar-refractivity contribution in [1.29, 1.82) is 0 Å². The molecule has 0 spiro atoms. The Hall–Kier alpha value is -3.02. The third-order valence-corrected chi connectivity index (χ3v) is 5.60. The first-order valence-electron chi connectivity index (χ1n) is 9.89. The van der Waals surface area contributed by atoms with E-state index in [0.29, 0.717) is 18.2 Å². The molecule has 1 aliphatic heterocycles. The zero-order chi connectivity index (χ0) is 18.9. The van der Waals surface area contributed by atoms with Gasteiger partial charge in [0.05, 0.1) is 12.0 Å². The molecule has 3 aromatic heterocycles. The standard InChI is InChI=1S/C22H22N4O2/c27-22(19-4-2-12-28-19)26-11-1-3-17(14-26)20-18(15-7-9-23-10-8-15)13-24-21(25-20)16-5-6-16/h2,4,7-10,12-13,16-17H,1,3,5-6,11,14H2. The molecule has 3 aromatic rings. The van der Waals surface area contributed by atoms with E-state index in [1.165, 1.54) is 12.8 Å². The molecule has 0 N–H and O–H groups in total. The number of pyridine rings is 1. The Morgan fingerprint density at radius 3 is 2.71 bits per heavy atom. The highest BCUT2D eigenvalue weighted by atomic mass is 16.3. The van der Waals surface area contributed by atoms with Crippen LogP contribution in [0.4, 0.5) is 0 Å². The average molecular weight is 374 g/mol. The number of hydrogen-bond donors (Lipinski definition) is 0. The van der Waals surface area contributed by atoms with Crippen LogP contribution in [0.3, 0.4) is 0 Å². The molecule has 5 rings (SSSR count). The first-order valence-corrected chi connectivity index (χ1v) is 9.89. The Labute approximate surface area is 163 Å². The molecule has 1 saturated carbocycles. The van der Waals surface area contributed by atoms with Crippen molar-refractivity contribution < 1.29 is 9.21 Å². The highest BCUT2D eigenvalue weighted by Crippen LogP contribution is 2.40. The Balaban J connectivity index is 1.48. The van der Waals surface area contributed by atoms with Gasteiger partial charge in [0.1, 0.15) is 5.82 Å². The first-order chi connectivity index (χ1) is 13.8. The van der Waals surface area contributed by atoms with Gasteiger partial charge in [-0.25, -0.2) is 9.97 Å². The van der Waals surface area contributed by atoms with E-state index < -0.39 is 0 Å². The number of furan rings is 1. The van der Waals surface area contributed by atoms with Gasteiger partial charge in [-0.15, -0.1) is 0 Å². The van der Waals surface area contributed by atoms with Gasteiger partial charge in [0.25, 0.3) is 5.91 Å². The van der Waals surface area contributed by atoms with Gasteiger partial charge >= 0.3 is 0 Å². The topological polar surface area (TPSA) is 72.1 Å². The fourth-order valence-electron chi connectivity index (χ4n) is 3.95. The molecule has 6 heteroatoms. The molecule has 28 heavy (non-hydrogen) atoms. The van der Waals surface area contributed by atoms with Crippen molar-refractivity contribution in [3.05, 3.63) is 66.4 Å². The normalized spacial score (nSPS) is 19.6. The summed E-state index contributed by atoms with van der Waals surface area (Å²) in [4.78, 5) is 28.4. The smallest absolute Gasteiger partial charge is 0.289 e. The van der Waals surface area contributed by atoms with Gasteiger partial charge < -0.3 is 9.32 Å². The van der Waals surface area contributed by atoms with Crippen LogP contribution in [0.25, 0.3) is 11.1 Å². The Morgan fingerprint density at radius 1 is 1.11 bits per heavy atom. The van der Waals surface area contributed by atoms with E-state index in [1.54, 1.807) is 30.8 Å². The van der Waals surface area contributed by atoms with Crippen molar-refractivity contribution in [3.63, 3.8) is 0 Å². The van der Waals surface area contributed by atoms with Crippen LogP contribution in [0.2, 0.25) is 0 Å². The minimum Gasteiger partial charge on any atom is -0.459 e. The highest BCUT2D eigenvalue weighted by Gasteiger charge is 2.32. The van der Waals surface area contributed by atoms with Crippen LogP contribution in [0.1, 0.15) is 59.6 Å². The average Bonchev–Trinajstić information content (AvgIpc) is 3.47. The second-order valence-corrected chi connectivity index (χ2v) is 7.60. The van der Waals surface area contributed by atoms with Crippen molar-refractivity contribution in [2.75, 3.05) is 13.1 Å². The number of rotatable bonds is 4. The number of carbonyl (C=O) groups is 1. The molecule has 142 valence electrons. The van der Waals surface area contributed by atoms with Gasteiger partial charge in [-0.1, -0.05) is 0 Å². The Kier molecular flexibility index (Phi) is 4.39. The van der Waals surface area contributed by atoms with E-state index >= 15 is 0 Å². The summed E-state index contributed by atoms with van der Waals surface area (Å²) in [6.45, 7) is 1.40. The predicted molar refractivity (Wildman–Crippen MR) is 104 cm³/mol. The third-order valence-electron chi connectivity index (χ3n) is 5.60. The first kappa shape index (κ1) is 17.1. The number of hydrogen-bond acceptors (Lipinski definition) is 5. The molecular weight excluding hydrogens is 352 g/mol. The van der Waals surface area contributed by atoms with Crippen LogP contribution in [0.5, 0.6) is 0 Å². The highest BCUT2D eigenvalue weighted by molar-refractivity contribution is 5.91. The maximum absolute atomic E-state index is 12.8. The van der Waals surface area contributed by atoms with E-state index in [-0.39, 0.29) is 11.8 Å². The summed E-state index contributed by atoms with van der Waals surface area (Å²) in [6, 6.07) is 7.47. The number of nitrogens with zero attached hydrogens (tertiary/aromatic N) is 4. The molecule has 1 atom stereocenters. The molecule has 0 aromatic carbocycles. The maximum atomic E-state index is 12.8. The molecule has 1 unspecified atom stereocenters. The van der Waals surface area contributed by atoms with E-state index in [1.807, 2.05) is 23.2 Å². The third kappa shape index (κ3) is 3.30. The summed E-state index contributed by atoms with van der Waals surface area (Å²) < 4.78 is 5.32. The van der Waals surface area contributed by atoms with Crippen LogP contribution in [0.15, 0.2) is 53.5 Å². The molecule has 2 fully saturated rings. The second-order valence-electron chi connectivity index (χ2n) is 7.60. The number of amides is 1. The van der Waals surface area contributed by atoms with Crippen LogP contribution in [-0.2, 0) is 0 Å². The molecule has 4 heterocycles. The molecule has 0 radical (unpaired) electrons. The lowest BCUT2D eigenvalue weighted by atomic mass is 9.90. The van der Waals surface area contributed by atoms with Crippen molar-refractivity contribution in [2.45, 2.75) is 37.5 Å². The minimum absolute atomic E-state index is 0.0448. The lowest BCUT2D eigenvalue weighted by Crippen LogP contribution is -2.39. The largest absolute Gasteiger partial charge is 0.459 e. The summed E-state index contributed by atoms with van der Waals surface area (Å²) in [7, 11) is 0. The SMILES string of the molecule is O=C(c1ccco1)N1CCCC(c2nc(C3CC3)ncc2-c2ccncc2)C1. The predicted octanol–water partition coefficient (Wildman–Crippen LogP) is 4.03. The van der Waals surface area contributed by atoms with Crippen LogP contribution in [0, 0.1) is 0 Å². The Morgan fingerprint density at radius 2 is 1.96 bits per heavy atom. The van der Waals surface area contributed by atoms with Gasteiger partial charge in [-0.05, 0) is 55.5 Å². The van der Waals surface area contributed by atoms with Crippen molar-refractivity contribution in [2.24, 2.45) is 0 Å². The summed E-state index contributed by atoms with van der Waals surface area (Å²) in [5.41, 5.74) is 3.17. The van der Waals surface area contributed by atoms with E-state index in [0.717, 1.165) is 42.0 Å². The summed E-state index contributed by atoms with van der Waals surface area (Å²) in [5.74, 6) is 1.99. The van der Waals surface area contributed by atoms with Gasteiger partial charge in [0.15, 0.2) is 5.76 Å². The fraction of sp³-hybridized carbons (Fsp3) is 0.364. The summed E-state index contributed by atoms with van der Waals surface area (Å²) in [5, 5.41) is 0. The van der Waals surface area contributed by atoms with E-state index in [9.17, 15) is 4.79 Å². The molecular formula is C22H22N4O2. The number of carbonyl (C=O) groups excluding carboxylic acids is 1. The van der Waals surface area contributed by atoms with Gasteiger partial charge in [0, 0.05) is 49.1 Å². The van der Waals surface area contributed by atoms with E-state index in [2.05, 4.69) is 9.97 Å². The lowest BCUT2D eigenvalue weighted by molar-refractivity contribution is 0.0673. The van der Waals surface area contributed by atoms with Crippen LogP contribution >= 0.6 is 0 Å². The van der Waals surface area contributed by atoms with Crippen LogP contribution < -0.4 is 0 Å². The van der Waals surface area contributed by atoms with Crippen molar-refractivity contribution in [1.82, 2.24) is 19.9 Å². The molecule has 0 bridgehead atoms. The number of piperidine rings is 1. The second kappa shape index (κ2) is 7.19. The Bertz CT molecular complexity index is 967. The quantitative estimate of drug-likeness (QED) is 0.689. The molecule has 6 nitrogen and oxygen atoms in total. The fourth-order valence-corrected chi connectivity index (χ4v) is 3.95. The monoisotopic (exact) mass is 374 g/mol. The van der Waals surface area contributed by atoms with Gasteiger partial charge in [-0.2, -0.15) is 0 Å². The van der Waals surface area contributed by atoms with Crippen LogP contribution in [-0.4, -0.2) is 38.8 Å². The van der Waals surface area contributed by atoms with Crippen molar-refractivity contribution in [3.8, 4) is 11.1 Å². The zero-order valence-corrected chi connectivity index (χ0v) is 15.6. The number of aromatic nitrogens is 3. The molecule has 1 saturated heterocycles. The zero-order valence-electron chi connectivity index (χ0n) is 15.6. The molecule has 2 aliphatic rings. The number of likely N-dealkylation sites (tertiary alicyclic amines) is 1. The molecule has 1 aliphatic carbocycles. The van der Waals surface area contributed by atoms with Gasteiger partial charge in [-0.3, -0.25) is 9.78 Å². The summed E-state index contributed by atoms with van der Waals surface area (Å²) >= 11 is 0. The maximum Gasteiger partial charge on any atom is 0.289 e. The molecule has 1 amide bonds. The lowest BCUT2D eigenvalue weighted by Gasteiger charge is -2.33. The minimum atomic E-state index is -0.0448. The van der Waals surface area contributed by atoms with Gasteiger partial charge in [0.2, 0.25) is 0 Å². The van der Waals surface area contributed by atoms with E-state index in [4.69, 9.17) is 9.40 Å². The summed E-state index contributed by atoms with van der Waals surface area (Å²) in [6.07, 6.45) is 11.4.